The molecular weight excluding hydrogens is 217 g/mol. The summed E-state index contributed by atoms with van der Waals surface area (Å²) in [4.78, 5) is 10.6. The predicted octanol–water partition coefficient (Wildman–Crippen LogP) is 3.17. The van der Waals surface area contributed by atoms with E-state index in [4.69, 9.17) is 5.26 Å². The maximum Gasteiger partial charge on any atom is 0.127 e. The number of hydrogen-bond donors (Lipinski definition) is 0. The van der Waals surface area contributed by atoms with Crippen molar-refractivity contribution in [2.24, 2.45) is 5.92 Å². The van der Waals surface area contributed by atoms with Gasteiger partial charge in [-0.1, -0.05) is 6.07 Å². The van der Waals surface area contributed by atoms with Gasteiger partial charge in [-0.3, -0.25) is 0 Å². The van der Waals surface area contributed by atoms with Crippen LogP contribution in [0.1, 0.15) is 42.7 Å². The molecule has 1 aromatic carbocycles. The monoisotopic (exact) mass is 231 g/mol. The minimum Gasteiger partial charge on any atom is -0.303 e. The van der Waals surface area contributed by atoms with Crippen LogP contribution in [0.15, 0.2) is 18.2 Å². The molecule has 0 N–H and O–H groups in total. The zero-order valence-corrected chi connectivity index (χ0v) is 9.53. The van der Waals surface area contributed by atoms with E-state index in [0.29, 0.717) is 11.1 Å². The third kappa shape index (κ3) is 2.52. The minimum atomic E-state index is -0.293. The Labute approximate surface area is 100 Å². The van der Waals surface area contributed by atoms with Crippen molar-refractivity contribution in [3.05, 3.63) is 35.1 Å². The highest BCUT2D eigenvalue weighted by atomic mass is 19.1. The number of nitrogens with zero attached hydrogens (tertiary/aromatic N) is 1. The van der Waals surface area contributed by atoms with Gasteiger partial charge in [0.1, 0.15) is 12.1 Å². The number of rotatable bonds is 2. The number of carbonyl (C=O) groups is 1. The van der Waals surface area contributed by atoms with Crippen molar-refractivity contribution in [1.82, 2.24) is 0 Å². The normalized spacial score (nSPS) is 24.0. The van der Waals surface area contributed by atoms with Gasteiger partial charge >= 0.3 is 0 Å². The van der Waals surface area contributed by atoms with Gasteiger partial charge in [-0.05, 0) is 49.3 Å². The molecule has 1 saturated carbocycles. The molecule has 0 atom stereocenters. The SMILES string of the molecule is N#Cc1ccc(C2CCC(C=O)CC2)c(F)c1. The number of aldehydes is 1. The summed E-state index contributed by atoms with van der Waals surface area (Å²) in [6, 6.07) is 6.59. The number of hydrogen-bond acceptors (Lipinski definition) is 2. The Kier molecular flexibility index (Phi) is 3.53. The molecule has 1 aromatic rings. The van der Waals surface area contributed by atoms with Crippen molar-refractivity contribution in [2.45, 2.75) is 31.6 Å². The van der Waals surface area contributed by atoms with E-state index in [1.54, 1.807) is 12.1 Å². The zero-order valence-electron chi connectivity index (χ0n) is 9.53. The molecule has 0 amide bonds. The second kappa shape index (κ2) is 5.09. The van der Waals surface area contributed by atoms with Gasteiger partial charge < -0.3 is 4.79 Å². The van der Waals surface area contributed by atoms with Crippen LogP contribution in [-0.4, -0.2) is 6.29 Å². The molecule has 0 radical (unpaired) electrons. The molecular formula is C14H14FNO. The summed E-state index contributed by atoms with van der Waals surface area (Å²) in [6.07, 6.45) is 4.39. The Bertz CT molecular complexity index is 456. The van der Waals surface area contributed by atoms with Gasteiger partial charge in [-0.2, -0.15) is 5.26 Å². The van der Waals surface area contributed by atoms with E-state index < -0.39 is 0 Å². The van der Waals surface area contributed by atoms with Crippen molar-refractivity contribution in [1.29, 1.82) is 5.26 Å². The molecule has 0 spiro atoms. The molecule has 88 valence electrons. The van der Waals surface area contributed by atoms with Gasteiger partial charge in [0.25, 0.3) is 0 Å². The van der Waals surface area contributed by atoms with Gasteiger partial charge in [0, 0.05) is 5.92 Å². The first-order chi connectivity index (χ1) is 8.24. The molecule has 0 aromatic heterocycles. The molecule has 0 saturated heterocycles. The Hall–Kier alpha value is -1.69. The lowest BCUT2D eigenvalue weighted by atomic mass is 9.79. The third-order valence-electron chi connectivity index (χ3n) is 3.53. The number of benzene rings is 1. The molecule has 3 heteroatoms. The van der Waals surface area contributed by atoms with E-state index in [1.807, 2.05) is 6.07 Å². The molecule has 0 unspecified atom stereocenters. The van der Waals surface area contributed by atoms with Crippen LogP contribution in [0.5, 0.6) is 0 Å². The van der Waals surface area contributed by atoms with E-state index in [2.05, 4.69) is 0 Å². The Morgan fingerprint density at radius 2 is 2.00 bits per heavy atom. The molecule has 2 nitrogen and oxygen atoms in total. The highest BCUT2D eigenvalue weighted by Crippen LogP contribution is 2.36. The van der Waals surface area contributed by atoms with Crippen LogP contribution in [0.25, 0.3) is 0 Å². The molecule has 1 aliphatic carbocycles. The average molecular weight is 231 g/mol. The van der Waals surface area contributed by atoms with Crippen LogP contribution < -0.4 is 0 Å². The summed E-state index contributed by atoms with van der Waals surface area (Å²) in [5, 5.41) is 8.67. The summed E-state index contributed by atoms with van der Waals surface area (Å²) in [7, 11) is 0. The van der Waals surface area contributed by atoms with Crippen molar-refractivity contribution in [3.63, 3.8) is 0 Å². The van der Waals surface area contributed by atoms with E-state index in [1.165, 1.54) is 6.07 Å². The highest BCUT2D eigenvalue weighted by molar-refractivity contribution is 5.53. The van der Waals surface area contributed by atoms with Crippen molar-refractivity contribution < 1.29 is 9.18 Å². The van der Waals surface area contributed by atoms with Crippen LogP contribution in [0.4, 0.5) is 4.39 Å². The fraction of sp³-hybridized carbons (Fsp3) is 0.429. The van der Waals surface area contributed by atoms with E-state index in [-0.39, 0.29) is 17.7 Å². The van der Waals surface area contributed by atoms with E-state index >= 15 is 0 Å². The minimum absolute atomic E-state index is 0.146. The van der Waals surface area contributed by atoms with Gasteiger partial charge in [-0.25, -0.2) is 4.39 Å². The lowest BCUT2D eigenvalue weighted by Crippen LogP contribution is -2.15. The van der Waals surface area contributed by atoms with Crippen molar-refractivity contribution in [3.8, 4) is 6.07 Å². The lowest BCUT2D eigenvalue weighted by Gasteiger charge is -2.26. The zero-order chi connectivity index (χ0) is 12.3. The average Bonchev–Trinajstić information content (AvgIpc) is 2.39. The molecule has 1 fully saturated rings. The van der Waals surface area contributed by atoms with Crippen LogP contribution >= 0.6 is 0 Å². The summed E-state index contributed by atoms with van der Waals surface area (Å²) in [5.74, 6) is 0.0465. The third-order valence-corrected chi connectivity index (χ3v) is 3.53. The Balaban J connectivity index is 2.14. The quantitative estimate of drug-likeness (QED) is 0.733. The topological polar surface area (TPSA) is 40.9 Å². The highest BCUT2D eigenvalue weighted by Gasteiger charge is 2.23. The molecule has 0 bridgehead atoms. The van der Waals surface area contributed by atoms with E-state index in [0.717, 1.165) is 32.0 Å². The number of halogens is 1. The molecule has 1 aliphatic rings. The fourth-order valence-electron chi connectivity index (χ4n) is 2.49. The van der Waals surface area contributed by atoms with Gasteiger partial charge in [0.05, 0.1) is 11.6 Å². The summed E-state index contributed by atoms with van der Waals surface area (Å²) in [6.45, 7) is 0. The van der Waals surface area contributed by atoms with Gasteiger partial charge in [0.15, 0.2) is 0 Å². The Morgan fingerprint density at radius 3 is 2.53 bits per heavy atom. The summed E-state index contributed by atoms with van der Waals surface area (Å²) >= 11 is 0. The fourth-order valence-corrected chi connectivity index (χ4v) is 2.49. The van der Waals surface area contributed by atoms with Crippen LogP contribution in [0.3, 0.4) is 0 Å². The first-order valence-electron chi connectivity index (χ1n) is 5.89. The molecule has 17 heavy (non-hydrogen) atoms. The maximum absolute atomic E-state index is 13.8. The van der Waals surface area contributed by atoms with Gasteiger partial charge in [0.2, 0.25) is 0 Å². The van der Waals surface area contributed by atoms with Crippen LogP contribution in [0, 0.1) is 23.1 Å². The largest absolute Gasteiger partial charge is 0.303 e. The van der Waals surface area contributed by atoms with Gasteiger partial charge in [-0.15, -0.1) is 0 Å². The standard InChI is InChI=1S/C14H14FNO/c15-14-7-11(8-16)3-6-13(14)12-4-1-10(9-17)2-5-12/h3,6-7,9-10,12H,1-2,4-5H2. The molecule has 0 aliphatic heterocycles. The van der Waals surface area contributed by atoms with Crippen molar-refractivity contribution in [2.75, 3.05) is 0 Å². The maximum atomic E-state index is 13.8. The van der Waals surface area contributed by atoms with Crippen LogP contribution in [-0.2, 0) is 4.79 Å². The predicted molar refractivity (Wildman–Crippen MR) is 61.9 cm³/mol. The second-order valence-corrected chi connectivity index (χ2v) is 4.60. The smallest absolute Gasteiger partial charge is 0.127 e. The Morgan fingerprint density at radius 1 is 1.29 bits per heavy atom. The van der Waals surface area contributed by atoms with Crippen molar-refractivity contribution >= 4 is 6.29 Å². The summed E-state index contributed by atoms with van der Waals surface area (Å²) in [5.41, 5.74) is 1.04. The number of nitriles is 1. The summed E-state index contributed by atoms with van der Waals surface area (Å²) < 4.78 is 13.8. The lowest BCUT2D eigenvalue weighted by molar-refractivity contribution is -0.111. The second-order valence-electron chi connectivity index (χ2n) is 4.60. The molecule has 0 heterocycles. The number of carbonyl (C=O) groups excluding carboxylic acids is 1. The first-order valence-corrected chi connectivity index (χ1v) is 5.89. The van der Waals surface area contributed by atoms with Crippen LogP contribution in [0.2, 0.25) is 0 Å². The first kappa shape index (κ1) is 11.8. The van der Waals surface area contributed by atoms with E-state index in [9.17, 15) is 9.18 Å². The molecule has 2 rings (SSSR count).